The molecule has 0 aliphatic carbocycles. The van der Waals surface area contributed by atoms with E-state index < -0.39 is 0 Å². The molecule has 1 unspecified atom stereocenters. The third-order valence-corrected chi connectivity index (χ3v) is 4.30. The highest BCUT2D eigenvalue weighted by Crippen LogP contribution is 2.23. The monoisotopic (exact) mass is 232 g/mol. The van der Waals surface area contributed by atoms with Gasteiger partial charge in [0.15, 0.2) is 0 Å². The summed E-state index contributed by atoms with van der Waals surface area (Å²) in [5, 5.41) is 4.91. The molecule has 2 nitrogen and oxygen atoms in total. The van der Waals surface area contributed by atoms with Crippen LogP contribution < -0.4 is 5.32 Å². The summed E-state index contributed by atoms with van der Waals surface area (Å²) in [6, 6.07) is 9.31. The second-order valence-corrected chi connectivity index (χ2v) is 5.49. The fourth-order valence-corrected chi connectivity index (χ4v) is 3.31. The lowest BCUT2D eigenvalue weighted by Crippen LogP contribution is -2.25. The van der Waals surface area contributed by atoms with Crippen LogP contribution in [0.15, 0.2) is 30.5 Å². The first-order valence-electron chi connectivity index (χ1n) is 5.83. The Hall–Kier alpha value is -1.09. The highest BCUT2D eigenvalue weighted by Gasteiger charge is 2.13. The minimum atomic E-state index is 0.648. The lowest BCUT2D eigenvalue weighted by molar-refractivity contribution is 0.685. The smallest absolute Gasteiger partial charge is 0.0455 e. The molecule has 1 aliphatic rings. The number of hydrogen-bond acceptors (Lipinski definition) is 2. The molecule has 2 heterocycles. The molecule has 2 N–H and O–H groups in total. The zero-order valence-electron chi connectivity index (χ0n) is 9.20. The van der Waals surface area contributed by atoms with Gasteiger partial charge in [0, 0.05) is 34.6 Å². The molecule has 0 radical (unpaired) electrons. The van der Waals surface area contributed by atoms with Crippen LogP contribution in [0.4, 0.5) is 5.69 Å². The number of thioether (sulfide) groups is 1. The second-order valence-electron chi connectivity index (χ2n) is 4.34. The zero-order chi connectivity index (χ0) is 10.8. The Morgan fingerprint density at radius 1 is 1.31 bits per heavy atom. The Morgan fingerprint density at radius 3 is 3.19 bits per heavy atom. The van der Waals surface area contributed by atoms with E-state index in [2.05, 4.69) is 46.3 Å². The number of aromatic nitrogens is 1. The Kier molecular flexibility index (Phi) is 2.79. The lowest BCUT2D eigenvalue weighted by atomic mass is 10.1. The molecular formula is C13H16N2S. The molecule has 1 aliphatic heterocycles. The molecule has 1 fully saturated rings. The van der Waals surface area contributed by atoms with E-state index >= 15 is 0 Å². The lowest BCUT2D eigenvalue weighted by Gasteiger charge is -2.23. The topological polar surface area (TPSA) is 27.8 Å². The van der Waals surface area contributed by atoms with Crippen molar-refractivity contribution in [1.82, 2.24) is 4.98 Å². The first-order chi connectivity index (χ1) is 7.92. The summed E-state index contributed by atoms with van der Waals surface area (Å²) in [4.78, 5) is 3.22. The first kappa shape index (κ1) is 10.1. The Labute approximate surface area is 99.8 Å². The van der Waals surface area contributed by atoms with Gasteiger partial charge in [0.25, 0.3) is 0 Å². The number of hydrogen-bond donors (Lipinski definition) is 2. The van der Waals surface area contributed by atoms with Crippen LogP contribution in [0, 0.1) is 0 Å². The van der Waals surface area contributed by atoms with Crippen LogP contribution in [0.2, 0.25) is 0 Å². The highest BCUT2D eigenvalue weighted by molar-refractivity contribution is 7.99. The molecule has 0 saturated carbocycles. The van der Waals surface area contributed by atoms with Crippen molar-refractivity contribution in [2.75, 3.05) is 16.8 Å². The Bertz CT molecular complexity index is 471. The summed E-state index contributed by atoms with van der Waals surface area (Å²) in [6.45, 7) is 0. The van der Waals surface area contributed by atoms with Crippen LogP contribution in [0.5, 0.6) is 0 Å². The van der Waals surface area contributed by atoms with E-state index in [0.717, 1.165) is 0 Å². The molecule has 3 rings (SSSR count). The van der Waals surface area contributed by atoms with Gasteiger partial charge in [-0.15, -0.1) is 0 Å². The average molecular weight is 232 g/mol. The minimum Gasteiger partial charge on any atom is -0.381 e. The molecule has 16 heavy (non-hydrogen) atoms. The maximum absolute atomic E-state index is 3.63. The van der Waals surface area contributed by atoms with E-state index in [9.17, 15) is 0 Å². The Morgan fingerprint density at radius 2 is 2.31 bits per heavy atom. The number of H-pyrrole nitrogens is 1. The average Bonchev–Trinajstić information content (AvgIpc) is 2.77. The summed E-state index contributed by atoms with van der Waals surface area (Å²) >= 11 is 2.06. The van der Waals surface area contributed by atoms with Gasteiger partial charge in [-0.2, -0.15) is 11.8 Å². The molecule has 0 spiro atoms. The Balaban J connectivity index is 1.77. The number of nitrogens with one attached hydrogen (secondary N) is 2. The molecule has 1 aromatic carbocycles. The highest BCUT2D eigenvalue weighted by atomic mass is 32.2. The van der Waals surface area contributed by atoms with Crippen molar-refractivity contribution in [1.29, 1.82) is 0 Å². The van der Waals surface area contributed by atoms with Gasteiger partial charge in [0.2, 0.25) is 0 Å². The summed E-state index contributed by atoms with van der Waals surface area (Å²) in [6.07, 6.45) is 4.64. The van der Waals surface area contributed by atoms with E-state index in [1.165, 1.54) is 40.9 Å². The van der Waals surface area contributed by atoms with Crippen molar-refractivity contribution in [3.05, 3.63) is 30.5 Å². The van der Waals surface area contributed by atoms with Crippen molar-refractivity contribution in [2.45, 2.75) is 18.9 Å². The van der Waals surface area contributed by atoms with E-state index in [-0.39, 0.29) is 0 Å². The quantitative estimate of drug-likeness (QED) is 0.829. The number of benzene rings is 1. The van der Waals surface area contributed by atoms with E-state index in [0.29, 0.717) is 6.04 Å². The standard InChI is InChI=1S/C13H16N2S/c1-2-12(9-16-7-1)15-11-3-4-13-10(8-11)5-6-14-13/h3-6,8,12,14-15H,1-2,7,9H2. The second kappa shape index (κ2) is 4.42. The van der Waals surface area contributed by atoms with Gasteiger partial charge >= 0.3 is 0 Å². The molecule has 2 aromatic rings. The first-order valence-corrected chi connectivity index (χ1v) is 6.99. The molecular weight excluding hydrogens is 216 g/mol. The number of rotatable bonds is 2. The van der Waals surface area contributed by atoms with E-state index in [1.807, 2.05) is 6.20 Å². The van der Waals surface area contributed by atoms with Crippen molar-refractivity contribution < 1.29 is 0 Å². The van der Waals surface area contributed by atoms with Gasteiger partial charge in [0.05, 0.1) is 0 Å². The third-order valence-electron chi connectivity index (χ3n) is 3.08. The van der Waals surface area contributed by atoms with Gasteiger partial charge in [0.1, 0.15) is 0 Å². The molecule has 3 heteroatoms. The van der Waals surface area contributed by atoms with Crippen molar-refractivity contribution in [3.8, 4) is 0 Å². The minimum absolute atomic E-state index is 0.648. The van der Waals surface area contributed by atoms with Gasteiger partial charge in [-0.3, -0.25) is 0 Å². The predicted molar refractivity (Wildman–Crippen MR) is 72.3 cm³/mol. The molecule has 1 atom stereocenters. The van der Waals surface area contributed by atoms with Crippen LogP contribution in [-0.2, 0) is 0 Å². The van der Waals surface area contributed by atoms with Crippen LogP contribution in [0.3, 0.4) is 0 Å². The van der Waals surface area contributed by atoms with Crippen molar-refractivity contribution in [2.24, 2.45) is 0 Å². The summed E-state index contributed by atoms with van der Waals surface area (Å²) < 4.78 is 0. The normalized spacial score (nSPS) is 21.1. The third kappa shape index (κ3) is 2.05. The van der Waals surface area contributed by atoms with Crippen molar-refractivity contribution >= 4 is 28.4 Å². The molecule has 1 aromatic heterocycles. The van der Waals surface area contributed by atoms with Crippen LogP contribution >= 0.6 is 11.8 Å². The van der Waals surface area contributed by atoms with Gasteiger partial charge in [-0.25, -0.2) is 0 Å². The molecule has 1 saturated heterocycles. The number of aromatic amines is 1. The van der Waals surface area contributed by atoms with Gasteiger partial charge in [-0.05, 0) is 42.9 Å². The SMILES string of the molecule is c1cc2cc(NC3CCCSC3)ccc2[nH]1. The van der Waals surface area contributed by atoms with Crippen LogP contribution in [0.25, 0.3) is 10.9 Å². The number of anilines is 1. The largest absolute Gasteiger partial charge is 0.381 e. The van der Waals surface area contributed by atoms with E-state index in [1.54, 1.807) is 0 Å². The molecule has 84 valence electrons. The molecule has 0 bridgehead atoms. The van der Waals surface area contributed by atoms with Gasteiger partial charge in [-0.1, -0.05) is 0 Å². The maximum Gasteiger partial charge on any atom is 0.0455 e. The van der Waals surface area contributed by atoms with Crippen molar-refractivity contribution in [3.63, 3.8) is 0 Å². The zero-order valence-corrected chi connectivity index (χ0v) is 10.0. The van der Waals surface area contributed by atoms with E-state index in [4.69, 9.17) is 0 Å². The molecule has 0 amide bonds. The summed E-state index contributed by atoms with van der Waals surface area (Å²) in [5.41, 5.74) is 2.46. The van der Waals surface area contributed by atoms with Crippen LogP contribution in [0.1, 0.15) is 12.8 Å². The maximum atomic E-state index is 3.63. The summed E-state index contributed by atoms with van der Waals surface area (Å²) in [5.74, 6) is 2.57. The predicted octanol–water partition coefficient (Wildman–Crippen LogP) is 3.48. The van der Waals surface area contributed by atoms with Gasteiger partial charge < -0.3 is 10.3 Å². The summed E-state index contributed by atoms with van der Waals surface area (Å²) in [7, 11) is 0. The number of fused-ring (bicyclic) bond motifs is 1. The van der Waals surface area contributed by atoms with Crippen LogP contribution in [-0.4, -0.2) is 22.5 Å². The fourth-order valence-electron chi connectivity index (χ4n) is 2.23. The fraction of sp³-hybridized carbons (Fsp3) is 0.385.